The first-order valence-corrected chi connectivity index (χ1v) is 5.61. The van der Waals surface area contributed by atoms with E-state index >= 15 is 0 Å². The molecule has 0 aliphatic heterocycles. The number of phenolic OH excluding ortho intramolecular Hbond substituents is 1. The number of rotatable bonds is 0. The van der Waals surface area contributed by atoms with Crippen molar-refractivity contribution in [1.29, 1.82) is 0 Å². The Balaban J connectivity index is 2.36. The van der Waals surface area contributed by atoms with Crippen LogP contribution in [0.2, 0.25) is 0 Å². The van der Waals surface area contributed by atoms with Crippen LogP contribution in [0.4, 0.5) is 11.4 Å². The van der Waals surface area contributed by atoms with Gasteiger partial charge >= 0.3 is 0 Å². The smallest absolute Gasteiger partial charge is 0.196 e. The van der Waals surface area contributed by atoms with E-state index in [1.165, 1.54) is 24.3 Å². The number of fused-ring (bicyclic) bond motifs is 2. The van der Waals surface area contributed by atoms with Gasteiger partial charge in [0.1, 0.15) is 5.75 Å². The third-order valence-electron chi connectivity index (χ3n) is 3.23. The first-order valence-electron chi connectivity index (χ1n) is 5.61. The summed E-state index contributed by atoms with van der Waals surface area (Å²) in [6, 6.07) is 7.25. The topological polar surface area (TPSA) is 106 Å². The highest BCUT2D eigenvalue weighted by Crippen LogP contribution is 2.35. The molecule has 1 aliphatic carbocycles. The van der Waals surface area contributed by atoms with E-state index in [1.54, 1.807) is 6.07 Å². The summed E-state index contributed by atoms with van der Waals surface area (Å²) in [6.45, 7) is 0. The third kappa shape index (κ3) is 1.41. The summed E-state index contributed by atoms with van der Waals surface area (Å²) < 4.78 is 0. The van der Waals surface area contributed by atoms with Crippen molar-refractivity contribution in [2.75, 3.05) is 11.5 Å². The monoisotopic (exact) mass is 254 g/mol. The van der Waals surface area contributed by atoms with Gasteiger partial charge < -0.3 is 16.6 Å². The predicted octanol–water partition coefficient (Wildman–Crippen LogP) is 1.33. The van der Waals surface area contributed by atoms with Crippen LogP contribution in [0, 0.1) is 0 Å². The van der Waals surface area contributed by atoms with Crippen molar-refractivity contribution in [3.05, 3.63) is 52.6 Å². The van der Waals surface area contributed by atoms with E-state index in [4.69, 9.17) is 11.5 Å². The molecule has 0 atom stereocenters. The van der Waals surface area contributed by atoms with Crippen LogP contribution in [0.15, 0.2) is 30.3 Å². The number of aromatic hydroxyl groups is 1. The van der Waals surface area contributed by atoms with Gasteiger partial charge in [-0.25, -0.2) is 0 Å². The molecular weight excluding hydrogens is 244 g/mol. The molecule has 0 aromatic heterocycles. The average Bonchev–Trinajstić information content (AvgIpc) is 2.39. The van der Waals surface area contributed by atoms with Gasteiger partial charge in [-0.1, -0.05) is 0 Å². The highest BCUT2D eigenvalue weighted by Gasteiger charge is 2.32. The van der Waals surface area contributed by atoms with Crippen molar-refractivity contribution < 1.29 is 14.7 Å². The van der Waals surface area contributed by atoms with Crippen LogP contribution in [0.25, 0.3) is 0 Å². The molecule has 0 radical (unpaired) electrons. The lowest BCUT2D eigenvalue weighted by Crippen LogP contribution is -2.22. The van der Waals surface area contributed by atoms with Crippen LogP contribution in [-0.4, -0.2) is 16.7 Å². The zero-order valence-corrected chi connectivity index (χ0v) is 9.81. The maximum atomic E-state index is 12.4. The molecule has 0 saturated carbocycles. The Hall–Kier alpha value is -2.82. The fourth-order valence-electron chi connectivity index (χ4n) is 2.27. The quantitative estimate of drug-likeness (QED) is 0.414. The van der Waals surface area contributed by atoms with Gasteiger partial charge in [-0.05, 0) is 30.3 Å². The minimum absolute atomic E-state index is 0.0445. The normalized spacial score (nSPS) is 13.1. The highest BCUT2D eigenvalue weighted by atomic mass is 16.3. The van der Waals surface area contributed by atoms with Crippen molar-refractivity contribution in [3.8, 4) is 5.75 Å². The molecule has 0 fully saturated rings. The number of nitrogen functional groups attached to an aromatic ring is 2. The van der Waals surface area contributed by atoms with Crippen LogP contribution in [0.1, 0.15) is 31.8 Å². The number of carbonyl (C=O) groups excluding carboxylic acids is 2. The Bertz CT molecular complexity index is 751. The minimum atomic E-state index is -0.398. The Kier molecular flexibility index (Phi) is 2.13. The number of hydrogen-bond acceptors (Lipinski definition) is 5. The van der Waals surface area contributed by atoms with Crippen LogP contribution in [0.3, 0.4) is 0 Å². The lowest BCUT2D eigenvalue weighted by Gasteiger charge is -2.19. The van der Waals surface area contributed by atoms with Crippen LogP contribution in [0.5, 0.6) is 5.75 Å². The highest BCUT2D eigenvalue weighted by molar-refractivity contribution is 6.30. The molecule has 0 heterocycles. The molecule has 0 saturated heterocycles. The minimum Gasteiger partial charge on any atom is -0.506 e. The lowest BCUT2D eigenvalue weighted by atomic mass is 9.83. The molecule has 5 N–H and O–H groups in total. The summed E-state index contributed by atoms with van der Waals surface area (Å²) in [5.41, 5.74) is 12.4. The Morgan fingerprint density at radius 2 is 1.53 bits per heavy atom. The summed E-state index contributed by atoms with van der Waals surface area (Å²) in [6.07, 6.45) is 0. The van der Waals surface area contributed by atoms with Crippen LogP contribution < -0.4 is 11.5 Å². The SMILES string of the molecule is Nc1ccc2c(c1)C(=O)c1c(ccc(O)c1N)C2=O. The third-order valence-corrected chi connectivity index (χ3v) is 3.23. The van der Waals surface area contributed by atoms with E-state index in [2.05, 4.69) is 0 Å². The molecule has 0 amide bonds. The maximum Gasteiger partial charge on any atom is 0.196 e. The second kappa shape index (κ2) is 3.58. The van der Waals surface area contributed by atoms with Gasteiger partial charge in [0, 0.05) is 22.4 Å². The van der Waals surface area contributed by atoms with Gasteiger partial charge in [0.05, 0.1) is 11.3 Å². The van der Waals surface area contributed by atoms with Crippen molar-refractivity contribution in [2.24, 2.45) is 0 Å². The largest absolute Gasteiger partial charge is 0.506 e. The Morgan fingerprint density at radius 1 is 0.842 bits per heavy atom. The summed E-state index contributed by atoms with van der Waals surface area (Å²) >= 11 is 0. The molecule has 0 spiro atoms. The van der Waals surface area contributed by atoms with E-state index in [1.807, 2.05) is 0 Å². The van der Waals surface area contributed by atoms with E-state index in [-0.39, 0.29) is 33.9 Å². The molecule has 3 rings (SSSR count). The van der Waals surface area contributed by atoms with Crippen molar-refractivity contribution >= 4 is 22.9 Å². The van der Waals surface area contributed by atoms with Gasteiger partial charge in [0.15, 0.2) is 11.6 Å². The number of phenols is 1. The molecule has 19 heavy (non-hydrogen) atoms. The van der Waals surface area contributed by atoms with Gasteiger partial charge in [-0.15, -0.1) is 0 Å². The molecule has 5 heteroatoms. The molecule has 0 bridgehead atoms. The van der Waals surface area contributed by atoms with Gasteiger partial charge in [-0.2, -0.15) is 0 Å². The molecule has 0 unspecified atom stereocenters. The number of nitrogens with two attached hydrogens (primary N) is 2. The number of benzene rings is 2. The van der Waals surface area contributed by atoms with Crippen molar-refractivity contribution in [2.45, 2.75) is 0 Å². The number of ketones is 2. The number of anilines is 2. The average molecular weight is 254 g/mol. The van der Waals surface area contributed by atoms with E-state index < -0.39 is 5.78 Å². The fraction of sp³-hybridized carbons (Fsp3) is 0. The first-order chi connectivity index (χ1) is 9.00. The molecule has 2 aromatic rings. The molecule has 2 aromatic carbocycles. The van der Waals surface area contributed by atoms with Crippen molar-refractivity contribution in [3.63, 3.8) is 0 Å². The Labute approximate surface area is 108 Å². The predicted molar refractivity (Wildman–Crippen MR) is 70.2 cm³/mol. The summed E-state index contributed by atoms with van der Waals surface area (Å²) in [4.78, 5) is 24.7. The summed E-state index contributed by atoms with van der Waals surface area (Å²) in [5, 5.41) is 9.57. The zero-order valence-electron chi connectivity index (χ0n) is 9.81. The van der Waals surface area contributed by atoms with Crippen molar-refractivity contribution in [1.82, 2.24) is 0 Å². The van der Waals surface area contributed by atoms with E-state index in [9.17, 15) is 14.7 Å². The zero-order chi connectivity index (χ0) is 13.7. The molecule has 94 valence electrons. The second-order valence-corrected chi connectivity index (χ2v) is 4.38. The maximum absolute atomic E-state index is 12.4. The van der Waals surface area contributed by atoms with Crippen LogP contribution in [-0.2, 0) is 0 Å². The van der Waals surface area contributed by atoms with Gasteiger partial charge in [0.25, 0.3) is 0 Å². The molecule has 5 nitrogen and oxygen atoms in total. The lowest BCUT2D eigenvalue weighted by molar-refractivity contribution is 0.0979. The van der Waals surface area contributed by atoms with Crippen LogP contribution >= 0.6 is 0 Å². The molecule has 1 aliphatic rings. The van der Waals surface area contributed by atoms with E-state index in [0.717, 1.165) is 0 Å². The molecular formula is C14H10N2O3. The summed E-state index contributed by atoms with van der Waals surface area (Å²) in [7, 11) is 0. The summed E-state index contributed by atoms with van der Waals surface area (Å²) in [5.74, 6) is -0.908. The van der Waals surface area contributed by atoms with Gasteiger partial charge in [-0.3, -0.25) is 9.59 Å². The first kappa shape index (κ1) is 11.3. The second-order valence-electron chi connectivity index (χ2n) is 4.38. The number of hydrogen-bond donors (Lipinski definition) is 3. The Morgan fingerprint density at radius 3 is 2.26 bits per heavy atom. The van der Waals surface area contributed by atoms with Gasteiger partial charge in [0.2, 0.25) is 0 Å². The standard InChI is InChI=1S/C14H10N2O3/c15-6-1-2-7-9(5-6)14(19)11-8(13(7)18)3-4-10(17)12(11)16/h1-5,17H,15-16H2. The number of carbonyl (C=O) groups is 2. The fourth-order valence-corrected chi connectivity index (χ4v) is 2.27. The van der Waals surface area contributed by atoms with E-state index in [0.29, 0.717) is 11.3 Å².